The minimum absolute atomic E-state index is 0.242. The zero-order valence-electron chi connectivity index (χ0n) is 11.1. The maximum Gasteiger partial charge on any atom is 0.258 e. The van der Waals surface area contributed by atoms with Crippen LogP contribution in [0, 0.1) is 0 Å². The third-order valence-electron chi connectivity index (χ3n) is 3.85. The van der Waals surface area contributed by atoms with Crippen LogP contribution in [0.3, 0.4) is 0 Å². The highest BCUT2D eigenvalue weighted by atomic mass is 79.9. The van der Waals surface area contributed by atoms with Crippen molar-refractivity contribution < 1.29 is 4.52 Å². The molecule has 0 spiro atoms. The van der Waals surface area contributed by atoms with Crippen LogP contribution in [-0.4, -0.2) is 10.1 Å². The molecule has 1 aromatic heterocycles. The van der Waals surface area contributed by atoms with Gasteiger partial charge in [0.1, 0.15) is 0 Å². The first kappa shape index (κ1) is 12.6. The number of halogens is 1. The summed E-state index contributed by atoms with van der Waals surface area (Å²) in [6.45, 7) is 0. The van der Waals surface area contributed by atoms with Gasteiger partial charge < -0.3 is 10.3 Å². The Hall–Kier alpha value is -2.14. The van der Waals surface area contributed by atoms with Crippen LogP contribution in [0.4, 0.5) is 5.69 Å². The van der Waals surface area contributed by atoms with Crippen molar-refractivity contribution in [2.75, 3.05) is 5.73 Å². The Bertz CT molecular complexity index is 828. The molecule has 3 aromatic rings. The van der Waals surface area contributed by atoms with Crippen molar-refractivity contribution in [1.29, 1.82) is 0 Å². The van der Waals surface area contributed by atoms with Gasteiger partial charge in [0.05, 0.1) is 5.92 Å². The predicted octanol–water partition coefficient (Wildman–Crippen LogP) is 3.77. The van der Waals surface area contributed by atoms with E-state index in [1.54, 1.807) is 0 Å². The number of rotatable bonds is 2. The van der Waals surface area contributed by atoms with Gasteiger partial charge in [0.15, 0.2) is 5.82 Å². The molecule has 2 aromatic carbocycles. The summed E-state index contributed by atoms with van der Waals surface area (Å²) in [5.74, 6) is 1.49. The smallest absolute Gasteiger partial charge is 0.258 e. The predicted molar refractivity (Wildman–Crippen MR) is 83.8 cm³/mol. The normalized spacial score (nSPS) is 16.3. The zero-order valence-corrected chi connectivity index (χ0v) is 12.7. The van der Waals surface area contributed by atoms with Gasteiger partial charge in [0, 0.05) is 15.7 Å². The Morgan fingerprint density at radius 3 is 2.86 bits per heavy atom. The van der Waals surface area contributed by atoms with Crippen LogP contribution in [0.5, 0.6) is 0 Å². The number of nitrogen functional groups attached to an aromatic ring is 1. The Morgan fingerprint density at radius 1 is 1.19 bits per heavy atom. The fourth-order valence-electron chi connectivity index (χ4n) is 2.66. The van der Waals surface area contributed by atoms with Gasteiger partial charge in [-0.05, 0) is 51.7 Å². The molecule has 0 fully saturated rings. The fourth-order valence-corrected chi connectivity index (χ4v) is 2.91. The van der Waals surface area contributed by atoms with Crippen LogP contribution in [0.15, 0.2) is 51.5 Å². The van der Waals surface area contributed by atoms with E-state index in [1.165, 1.54) is 11.1 Å². The number of nitrogens with zero attached hydrogens (tertiary/aromatic N) is 2. The first-order chi connectivity index (χ1) is 10.2. The van der Waals surface area contributed by atoms with Gasteiger partial charge in [0.25, 0.3) is 5.89 Å². The van der Waals surface area contributed by atoms with Crippen molar-refractivity contribution in [3.63, 3.8) is 0 Å². The van der Waals surface area contributed by atoms with Crippen LogP contribution in [0.1, 0.15) is 22.9 Å². The van der Waals surface area contributed by atoms with Gasteiger partial charge in [-0.15, -0.1) is 0 Å². The van der Waals surface area contributed by atoms with Crippen LogP contribution in [0.2, 0.25) is 0 Å². The highest BCUT2D eigenvalue weighted by molar-refractivity contribution is 9.10. The second-order valence-electron chi connectivity index (χ2n) is 5.15. The fraction of sp³-hybridized carbons (Fsp3) is 0.125. The average Bonchev–Trinajstić information content (AvgIpc) is 2.93. The number of hydrogen-bond acceptors (Lipinski definition) is 4. The van der Waals surface area contributed by atoms with Gasteiger partial charge in [0.2, 0.25) is 0 Å². The molecule has 0 amide bonds. The summed E-state index contributed by atoms with van der Waals surface area (Å²) in [5, 5.41) is 4.13. The molecule has 1 atom stereocenters. The lowest BCUT2D eigenvalue weighted by atomic mass is 9.77. The number of benzene rings is 2. The second kappa shape index (κ2) is 4.70. The van der Waals surface area contributed by atoms with Crippen LogP contribution in [0.25, 0.3) is 11.5 Å². The standard InChI is InChI=1S/C16H12BrN3O/c17-13-6-5-10(8-14(13)18)16-19-15(20-21-16)12-7-9-3-1-2-4-11(9)12/h1-6,8,12H,7,18H2. The molecule has 1 unspecified atom stereocenters. The SMILES string of the molecule is Nc1cc(-c2nc(C3Cc4ccccc43)no2)ccc1Br. The number of fused-ring (bicyclic) bond motifs is 1. The highest BCUT2D eigenvalue weighted by Crippen LogP contribution is 2.39. The monoisotopic (exact) mass is 341 g/mol. The van der Waals surface area contributed by atoms with E-state index in [0.717, 1.165) is 22.3 Å². The third-order valence-corrected chi connectivity index (χ3v) is 4.57. The quantitative estimate of drug-likeness (QED) is 0.720. The van der Waals surface area contributed by atoms with E-state index in [1.807, 2.05) is 24.3 Å². The van der Waals surface area contributed by atoms with Gasteiger partial charge in [-0.3, -0.25) is 0 Å². The molecule has 21 heavy (non-hydrogen) atoms. The summed E-state index contributed by atoms with van der Waals surface area (Å²) in [7, 11) is 0. The third kappa shape index (κ3) is 2.05. The summed E-state index contributed by atoms with van der Waals surface area (Å²) in [4.78, 5) is 4.52. The molecule has 0 bridgehead atoms. The lowest BCUT2D eigenvalue weighted by molar-refractivity contribution is 0.416. The van der Waals surface area contributed by atoms with Crippen LogP contribution < -0.4 is 5.73 Å². The molecule has 4 nitrogen and oxygen atoms in total. The van der Waals surface area contributed by atoms with Crippen molar-refractivity contribution >= 4 is 21.6 Å². The Kier molecular flexibility index (Phi) is 2.82. The van der Waals surface area contributed by atoms with E-state index < -0.39 is 0 Å². The molecule has 1 aliphatic carbocycles. The minimum Gasteiger partial charge on any atom is -0.398 e. The summed E-state index contributed by atoms with van der Waals surface area (Å²) >= 11 is 3.38. The summed E-state index contributed by atoms with van der Waals surface area (Å²) in [6.07, 6.45) is 0.970. The summed E-state index contributed by atoms with van der Waals surface area (Å²) in [6, 6.07) is 14.0. The van der Waals surface area contributed by atoms with Crippen LogP contribution >= 0.6 is 15.9 Å². The van der Waals surface area contributed by atoms with Gasteiger partial charge in [-0.2, -0.15) is 4.98 Å². The number of nitrogens with two attached hydrogens (primary N) is 1. The van der Waals surface area contributed by atoms with Crippen LogP contribution in [-0.2, 0) is 6.42 Å². The Labute approximate surface area is 130 Å². The topological polar surface area (TPSA) is 64.9 Å². The highest BCUT2D eigenvalue weighted by Gasteiger charge is 2.31. The minimum atomic E-state index is 0.242. The first-order valence-electron chi connectivity index (χ1n) is 6.69. The lowest BCUT2D eigenvalue weighted by Crippen LogP contribution is -2.19. The summed E-state index contributed by atoms with van der Waals surface area (Å²) < 4.78 is 6.25. The lowest BCUT2D eigenvalue weighted by Gasteiger charge is -2.27. The van der Waals surface area contributed by atoms with Crippen molar-refractivity contribution in [3.05, 3.63) is 63.9 Å². The molecular weight excluding hydrogens is 330 g/mol. The van der Waals surface area contributed by atoms with Crippen molar-refractivity contribution in [1.82, 2.24) is 10.1 Å². The van der Waals surface area contributed by atoms with E-state index in [-0.39, 0.29) is 5.92 Å². The van der Waals surface area contributed by atoms with Gasteiger partial charge >= 0.3 is 0 Å². The molecule has 0 aliphatic heterocycles. The summed E-state index contributed by atoms with van der Waals surface area (Å²) in [5.41, 5.74) is 10.0. The Morgan fingerprint density at radius 2 is 2.05 bits per heavy atom. The molecule has 4 rings (SSSR count). The van der Waals surface area contributed by atoms with Gasteiger partial charge in [-0.25, -0.2) is 0 Å². The molecule has 0 saturated carbocycles. The van der Waals surface area contributed by atoms with Crippen molar-refractivity contribution in [3.8, 4) is 11.5 Å². The van der Waals surface area contributed by atoms with Crippen molar-refractivity contribution in [2.45, 2.75) is 12.3 Å². The number of hydrogen-bond donors (Lipinski definition) is 1. The maximum atomic E-state index is 5.89. The molecule has 1 aliphatic rings. The molecule has 0 saturated heterocycles. The van der Waals surface area contributed by atoms with E-state index in [0.29, 0.717) is 11.6 Å². The number of anilines is 1. The van der Waals surface area contributed by atoms with Crippen molar-refractivity contribution in [2.24, 2.45) is 0 Å². The molecule has 2 N–H and O–H groups in total. The molecule has 1 heterocycles. The maximum absolute atomic E-state index is 5.89. The van der Waals surface area contributed by atoms with E-state index in [2.05, 4.69) is 44.3 Å². The molecular formula is C16H12BrN3O. The largest absolute Gasteiger partial charge is 0.398 e. The zero-order chi connectivity index (χ0) is 14.4. The molecule has 5 heteroatoms. The first-order valence-corrected chi connectivity index (χ1v) is 7.48. The molecule has 0 radical (unpaired) electrons. The van der Waals surface area contributed by atoms with E-state index >= 15 is 0 Å². The van der Waals surface area contributed by atoms with Gasteiger partial charge in [-0.1, -0.05) is 29.4 Å². The average molecular weight is 342 g/mol. The van der Waals surface area contributed by atoms with E-state index in [9.17, 15) is 0 Å². The molecule has 104 valence electrons. The number of aromatic nitrogens is 2. The van der Waals surface area contributed by atoms with E-state index in [4.69, 9.17) is 10.3 Å². The Balaban J connectivity index is 1.66. The second-order valence-corrected chi connectivity index (χ2v) is 6.00.